The smallest absolute Gasteiger partial charge is 0.319 e. The molecule has 1 aromatic heterocycles. The van der Waals surface area contributed by atoms with Crippen LogP contribution in [0.4, 0.5) is 15.6 Å². The van der Waals surface area contributed by atoms with Gasteiger partial charge in [0.25, 0.3) is 0 Å². The Balaban J connectivity index is 1.40. The molecule has 0 spiro atoms. The average molecular weight is 395 g/mol. The Morgan fingerprint density at radius 3 is 2.54 bits per heavy atom. The average Bonchev–Trinajstić information content (AvgIpc) is 3.17. The quantitative estimate of drug-likeness (QED) is 0.393. The highest BCUT2D eigenvalue weighted by Gasteiger charge is 2.14. The number of anilines is 2. The molecule has 0 fully saturated rings. The minimum atomic E-state index is -0.230. The van der Waals surface area contributed by atoms with E-state index in [-0.39, 0.29) is 11.8 Å². The van der Waals surface area contributed by atoms with Crippen LogP contribution in [0.5, 0.6) is 0 Å². The molecule has 3 N–H and O–H groups in total. The van der Waals surface area contributed by atoms with Crippen LogP contribution in [0.25, 0.3) is 0 Å². The van der Waals surface area contributed by atoms with Gasteiger partial charge in [0.05, 0.1) is 11.1 Å². The van der Waals surface area contributed by atoms with Crippen LogP contribution in [0.1, 0.15) is 27.2 Å². The Morgan fingerprint density at radius 2 is 1.75 bits per heavy atom. The monoisotopic (exact) mass is 394 g/mol. The molecule has 0 aliphatic heterocycles. The molecule has 7 heteroatoms. The summed E-state index contributed by atoms with van der Waals surface area (Å²) in [6.45, 7) is 3.11. The minimum absolute atomic E-state index is 0.0112. The zero-order valence-electron chi connectivity index (χ0n) is 15.6. The number of nitrogens with one attached hydrogen (secondary N) is 3. The van der Waals surface area contributed by atoms with Gasteiger partial charge in [-0.05, 0) is 31.0 Å². The molecule has 0 aliphatic rings. The van der Waals surface area contributed by atoms with E-state index in [0.717, 1.165) is 17.7 Å². The third-order valence-corrected chi connectivity index (χ3v) is 5.02. The predicted molar refractivity (Wildman–Crippen MR) is 113 cm³/mol. The molecular formula is C21H22N4O2S. The maximum absolute atomic E-state index is 12.6. The zero-order chi connectivity index (χ0) is 19.8. The maximum atomic E-state index is 12.6. The standard InChI is InChI=1S/C21H22N4O2S/c1-15-8-5-6-11-17(15)19(26)18-14-24-21(28-18)23-13-7-12-22-20(27)25-16-9-3-2-4-10-16/h2-6,8-11,14H,7,12-13H2,1H3,(H,23,24)(H2,22,25,27). The molecule has 2 amide bonds. The number of carbonyl (C=O) groups excluding carboxylic acids is 2. The zero-order valence-corrected chi connectivity index (χ0v) is 16.4. The van der Waals surface area contributed by atoms with Crippen molar-refractivity contribution in [2.75, 3.05) is 23.7 Å². The summed E-state index contributed by atoms with van der Waals surface area (Å²) >= 11 is 1.34. The first kappa shape index (κ1) is 19.6. The lowest BCUT2D eigenvalue weighted by Crippen LogP contribution is -2.30. The number of hydrogen-bond donors (Lipinski definition) is 3. The third-order valence-electron chi connectivity index (χ3n) is 4.07. The topological polar surface area (TPSA) is 83.1 Å². The van der Waals surface area contributed by atoms with E-state index in [1.54, 1.807) is 6.20 Å². The maximum Gasteiger partial charge on any atom is 0.319 e. The Labute approximate surface area is 168 Å². The van der Waals surface area contributed by atoms with Gasteiger partial charge in [-0.2, -0.15) is 0 Å². The summed E-state index contributed by atoms with van der Waals surface area (Å²) in [6.07, 6.45) is 2.34. The van der Waals surface area contributed by atoms with Crippen molar-refractivity contribution < 1.29 is 9.59 Å². The second-order valence-corrected chi connectivity index (χ2v) is 7.23. The molecule has 3 rings (SSSR count). The number of nitrogens with zero attached hydrogens (tertiary/aromatic N) is 1. The van der Waals surface area contributed by atoms with Crippen molar-refractivity contribution in [3.05, 3.63) is 76.8 Å². The number of hydrogen-bond acceptors (Lipinski definition) is 5. The van der Waals surface area contributed by atoms with Crippen molar-refractivity contribution in [3.8, 4) is 0 Å². The number of urea groups is 1. The first-order valence-corrected chi connectivity index (χ1v) is 9.85. The Kier molecular flexibility index (Phi) is 6.75. The summed E-state index contributed by atoms with van der Waals surface area (Å²) in [6, 6.07) is 16.6. The van der Waals surface area contributed by atoms with Gasteiger partial charge in [0, 0.05) is 24.3 Å². The number of aromatic nitrogens is 1. The molecule has 0 unspecified atom stereocenters. The number of para-hydroxylation sites is 1. The lowest BCUT2D eigenvalue weighted by molar-refractivity contribution is 0.104. The molecule has 6 nitrogen and oxygen atoms in total. The van der Waals surface area contributed by atoms with Gasteiger partial charge in [0.15, 0.2) is 5.13 Å². The molecule has 0 aliphatic carbocycles. The van der Waals surface area contributed by atoms with E-state index in [0.29, 0.717) is 28.7 Å². The van der Waals surface area contributed by atoms with Crippen molar-refractivity contribution >= 4 is 34.0 Å². The van der Waals surface area contributed by atoms with Gasteiger partial charge >= 0.3 is 6.03 Å². The molecule has 144 valence electrons. The van der Waals surface area contributed by atoms with Crippen LogP contribution in [0.2, 0.25) is 0 Å². The number of amides is 2. The fourth-order valence-electron chi connectivity index (χ4n) is 2.60. The summed E-state index contributed by atoms with van der Waals surface area (Å²) in [7, 11) is 0. The molecular weight excluding hydrogens is 372 g/mol. The largest absolute Gasteiger partial charge is 0.361 e. The van der Waals surface area contributed by atoms with Gasteiger partial charge < -0.3 is 16.0 Å². The summed E-state index contributed by atoms with van der Waals surface area (Å²) < 4.78 is 0. The van der Waals surface area contributed by atoms with Gasteiger partial charge in [-0.3, -0.25) is 4.79 Å². The Hall–Kier alpha value is -3.19. The highest BCUT2D eigenvalue weighted by atomic mass is 32.1. The highest BCUT2D eigenvalue weighted by Crippen LogP contribution is 2.22. The molecule has 0 radical (unpaired) electrons. The van der Waals surface area contributed by atoms with Crippen molar-refractivity contribution in [1.29, 1.82) is 0 Å². The van der Waals surface area contributed by atoms with E-state index in [1.807, 2.05) is 61.5 Å². The van der Waals surface area contributed by atoms with Crippen molar-refractivity contribution in [2.45, 2.75) is 13.3 Å². The Morgan fingerprint density at radius 1 is 1.00 bits per heavy atom. The number of carbonyl (C=O) groups is 2. The first-order chi connectivity index (χ1) is 13.6. The first-order valence-electron chi connectivity index (χ1n) is 9.03. The van der Waals surface area contributed by atoms with Crippen LogP contribution in [0, 0.1) is 6.92 Å². The number of benzene rings is 2. The summed E-state index contributed by atoms with van der Waals surface area (Å²) in [5, 5.41) is 9.47. The van der Waals surface area contributed by atoms with Crippen molar-refractivity contribution in [3.63, 3.8) is 0 Å². The SMILES string of the molecule is Cc1ccccc1C(=O)c1cnc(NCCCNC(=O)Nc2ccccc2)s1. The molecule has 28 heavy (non-hydrogen) atoms. The van der Waals surface area contributed by atoms with E-state index in [9.17, 15) is 9.59 Å². The normalized spacial score (nSPS) is 10.3. The number of rotatable bonds is 8. The van der Waals surface area contributed by atoms with Crippen molar-refractivity contribution in [2.24, 2.45) is 0 Å². The van der Waals surface area contributed by atoms with Crippen LogP contribution in [-0.4, -0.2) is 29.9 Å². The lowest BCUT2D eigenvalue weighted by Gasteiger charge is -2.07. The van der Waals surface area contributed by atoms with E-state index < -0.39 is 0 Å². The van der Waals surface area contributed by atoms with Gasteiger partial charge in [0.1, 0.15) is 0 Å². The van der Waals surface area contributed by atoms with E-state index in [2.05, 4.69) is 20.9 Å². The van der Waals surface area contributed by atoms with E-state index in [1.165, 1.54) is 11.3 Å². The van der Waals surface area contributed by atoms with Crippen LogP contribution in [0.3, 0.4) is 0 Å². The summed E-state index contributed by atoms with van der Waals surface area (Å²) in [4.78, 5) is 29.2. The van der Waals surface area contributed by atoms with Crippen molar-refractivity contribution in [1.82, 2.24) is 10.3 Å². The van der Waals surface area contributed by atoms with Gasteiger partial charge in [-0.1, -0.05) is 53.8 Å². The molecule has 0 atom stereocenters. The molecule has 1 heterocycles. The van der Waals surface area contributed by atoms with Gasteiger partial charge in [0.2, 0.25) is 5.78 Å². The minimum Gasteiger partial charge on any atom is -0.361 e. The third kappa shape index (κ3) is 5.40. The van der Waals surface area contributed by atoms with Gasteiger partial charge in [-0.15, -0.1) is 0 Å². The summed E-state index contributed by atoms with van der Waals surface area (Å²) in [5.74, 6) is -0.0112. The fraction of sp³-hybridized carbons (Fsp3) is 0.190. The van der Waals surface area contributed by atoms with Gasteiger partial charge in [-0.25, -0.2) is 9.78 Å². The van der Waals surface area contributed by atoms with E-state index in [4.69, 9.17) is 0 Å². The van der Waals surface area contributed by atoms with Crippen LogP contribution in [-0.2, 0) is 0 Å². The number of thiazole rings is 1. The number of aryl methyl sites for hydroxylation is 1. The van der Waals surface area contributed by atoms with Crippen LogP contribution >= 0.6 is 11.3 Å². The van der Waals surface area contributed by atoms with Crippen LogP contribution in [0.15, 0.2) is 60.8 Å². The number of ketones is 1. The predicted octanol–water partition coefficient (Wildman–Crippen LogP) is 4.31. The molecule has 2 aromatic carbocycles. The van der Waals surface area contributed by atoms with Crippen LogP contribution < -0.4 is 16.0 Å². The van der Waals surface area contributed by atoms with E-state index >= 15 is 0 Å². The second-order valence-electron chi connectivity index (χ2n) is 6.20. The second kappa shape index (κ2) is 9.66. The Bertz CT molecular complexity index is 940. The lowest BCUT2D eigenvalue weighted by atomic mass is 10.0. The highest BCUT2D eigenvalue weighted by molar-refractivity contribution is 7.17. The molecule has 3 aromatic rings. The summed E-state index contributed by atoms with van der Waals surface area (Å²) in [5.41, 5.74) is 2.41. The molecule has 0 saturated heterocycles. The molecule has 0 saturated carbocycles. The fourth-order valence-corrected chi connectivity index (χ4v) is 3.40. The molecule has 0 bridgehead atoms.